The van der Waals surface area contributed by atoms with Gasteiger partial charge in [-0.15, -0.1) is 0 Å². The summed E-state index contributed by atoms with van der Waals surface area (Å²) in [7, 11) is 1.45. The third-order valence-corrected chi connectivity index (χ3v) is 4.01. The van der Waals surface area contributed by atoms with Crippen molar-refractivity contribution >= 4 is 17.7 Å². The molecule has 0 atom stereocenters. The molecule has 1 aliphatic carbocycles. The molecule has 1 fully saturated rings. The van der Waals surface area contributed by atoms with Crippen LogP contribution in [-0.4, -0.2) is 24.6 Å². The van der Waals surface area contributed by atoms with Gasteiger partial charge in [-0.3, -0.25) is 4.79 Å². The predicted molar refractivity (Wildman–Crippen MR) is 60.5 cm³/mol. The van der Waals surface area contributed by atoms with E-state index in [9.17, 15) is 4.79 Å². The van der Waals surface area contributed by atoms with E-state index < -0.39 is 0 Å². The van der Waals surface area contributed by atoms with Crippen LogP contribution in [0.1, 0.15) is 38.5 Å². The lowest BCUT2D eigenvalue weighted by Gasteiger charge is -2.07. The van der Waals surface area contributed by atoms with Gasteiger partial charge in [0.2, 0.25) is 0 Å². The predicted octanol–water partition coefficient (Wildman–Crippen LogP) is 2.86. The molecule has 0 bridgehead atoms. The zero-order valence-corrected chi connectivity index (χ0v) is 9.78. The Balaban J connectivity index is 1.86. The first-order valence-corrected chi connectivity index (χ1v) is 6.63. The van der Waals surface area contributed by atoms with E-state index in [-0.39, 0.29) is 5.97 Å². The first-order valence-electron chi connectivity index (χ1n) is 5.47. The summed E-state index contributed by atoms with van der Waals surface area (Å²) in [5.41, 5.74) is 0. The molecule has 0 aromatic carbocycles. The number of hydrogen-bond donors (Lipinski definition) is 0. The molecule has 82 valence electrons. The van der Waals surface area contributed by atoms with Crippen LogP contribution in [0, 0.1) is 5.92 Å². The van der Waals surface area contributed by atoms with Crippen LogP contribution in [0.15, 0.2) is 0 Å². The zero-order chi connectivity index (χ0) is 10.2. The lowest BCUT2D eigenvalue weighted by atomic mass is 10.1. The molecule has 1 rings (SSSR count). The highest BCUT2D eigenvalue weighted by Crippen LogP contribution is 2.28. The second-order valence-corrected chi connectivity index (χ2v) is 5.05. The van der Waals surface area contributed by atoms with Crippen molar-refractivity contribution in [2.45, 2.75) is 38.5 Å². The minimum atomic E-state index is -0.0773. The summed E-state index contributed by atoms with van der Waals surface area (Å²) in [4.78, 5) is 10.8. The maximum atomic E-state index is 10.8. The number of ether oxygens (including phenoxy) is 1. The fraction of sp³-hybridized carbons (Fsp3) is 0.909. The molecule has 2 nitrogen and oxygen atoms in total. The normalized spacial score (nSPS) is 17.2. The van der Waals surface area contributed by atoms with Gasteiger partial charge in [-0.25, -0.2) is 0 Å². The largest absolute Gasteiger partial charge is 0.469 e. The van der Waals surface area contributed by atoms with Crippen molar-refractivity contribution < 1.29 is 9.53 Å². The van der Waals surface area contributed by atoms with E-state index in [1.54, 1.807) is 0 Å². The van der Waals surface area contributed by atoms with Gasteiger partial charge in [0.1, 0.15) is 0 Å². The van der Waals surface area contributed by atoms with Gasteiger partial charge in [0.05, 0.1) is 7.11 Å². The summed E-state index contributed by atoms with van der Waals surface area (Å²) in [5, 5.41) is 0. The highest BCUT2D eigenvalue weighted by Gasteiger charge is 2.14. The standard InChI is InChI=1S/C11H20O2S/c1-13-11(12)7-4-8-14-9-10-5-2-3-6-10/h10H,2-9H2,1H3. The van der Waals surface area contributed by atoms with Crippen molar-refractivity contribution in [3.8, 4) is 0 Å². The lowest BCUT2D eigenvalue weighted by molar-refractivity contribution is -0.140. The van der Waals surface area contributed by atoms with Crippen molar-refractivity contribution in [2.24, 2.45) is 5.92 Å². The van der Waals surface area contributed by atoms with Crippen LogP contribution in [0.2, 0.25) is 0 Å². The van der Waals surface area contributed by atoms with Crippen LogP contribution in [0.3, 0.4) is 0 Å². The highest BCUT2D eigenvalue weighted by molar-refractivity contribution is 7.99. The molecule has 3 heteroatoms. The van der Waals surface area contributed by atoms with Crippen molar-refractivity contribution in [2.75, 3.05) is 18.6 Å². The van der Waals surface area contributed by atoms with Gasteiger partial charge in [0.25, 0.3) is 0 Å². The lowest BCUT2D eigenvalue weighted by Crippen LogP contribution is -2.01. The van der Waals surface area contributed by atoms with Gasteiger partial charge in [0, 0.05) is 6.42 Å². The Labute approximate surface area is 90.8 Å². The molecule has 0 amide bonds. The SMILES string of the molecule is COC(=O)CCCSCC1CCCC1. The van der Waals surface area contributed by atoms with Gasteiger partial charge in [-0.1, -0.05) is 12.8 Å². The molecule has 0 saturated heterocycles. The van der Waals surface area contributed by atoms with E-state index in [2.05, 4.69) is 4.74 Å². The van der Waals surface area contributed by atoms with Gasteiger partial charge in [0.15, 0.2) is 0 Å². The molecule has 1 aliphatic rings. The highest BCUT2D eigenvalue weighted by atomic mass is 32.2. The van der Waals surface area contributed by atoms with E-state index in [1.165, 1.54) is 38.5 Å². The topological polar surface area (TPSA) is 26.3 Å². The van der Waals surface area contributed by atoms with E-state index in [0.29, 0.717) is 6.42 Å². The monoisotopic (exact) mass is 216 g/mol. The molecule has 0 N–H and O–H groups in total. The summed E-state index contributed by atoms with van der Waals surface area (Å²) in [6, 6.07) is 0. The maximum Gasteiger partial charge on any atom is 0.305 e. The van der Waals surface area contributed by atoms with Crippen LogP contribution < -0.4 is 0 Å². The second-order valence-electron chi connectivity index (χ2n) is 3.91. The molecule has 0 heterocycles. The number of esters is 1. The van der Waals surface area contributed by atoms with Crippen LogP contribution in [0.5, 0.6) is 0 Å². The molecule has 0 aromatic heterocycles. The van der Waals surface area contributed by atoms with Crippen molar-refractivity contribution in [3.05, 3.63) is 0 Å². The molecule has 1 saturated carbocycles. The Bertz CT molecular complexity index is 165. The van der Waals surface area contributed by atoms with Crippen molar-refractivity contribution in [1.29, 1.82) is 0 Å². The molecule has 0 aromatic rings. The van der Waals surface area contributed by atoms with Crippen LogP contribution >= 0.6 is 11.8 Å². The Hall–Kier alpha value is -0.180. The van der Waals surface area contributed by atoms with Crippen LogP contribution in [0.4, 0.5) is 0 Å². The number of carbonyl (C=O) groups is 1. The van der Waals surface area contributed by atoms with Gasteiger partial charge in [-0.2, -0.15) is 11.8 Å². The number of thioether (sulfide) groups is 1. The summed E-state index contributed by atoms with van der Waals surface area (Å²) in [6.45, 7) is 0. The van der Waals surface area contributed by atoms with Crippen molar-refractivity contribution in [3.63, 3.8) is 0 Å². The van der Waals surface area contributed by atoms with E-state index in [0.717, 1.165) is 18.1 Å². The number of hydrogen-bond acceptors (Lipinski definition) is 3. The Kier molecular flexibility index (Phi) is 6.08. The Morgan fingerprint density at radius 3 is 2.79 bits per heavy atom. The smallest absolute Gasteiger partial charge is 0.305 e. The Morgan fingerprint density at radius 2 is 2.14 bits per heavy atom. The van der Waals surface area contributed by atoms with Crippen LogP contribution in [-0.2, 0) is 9.53 Å². The molecule has 0 aliphatic heterocycles. The zero-order valence-electron chi connectivity index (χ0n) is 8.96. The van der Waals surface area contributed by atoms with E-state index in [4.69, 9.17) is 0 Å². The molecular formula is C11H20O2S. The second kappa shape index (κ2) is 7.16. The third kappa shape index (κ3) is 4.89. The fourth-order valence-corrected chi connectivity index (χ4v) is 3.03. The van der Waals surface area contributed by atoms with Crippen LogP contribution in [0.25, 0.3) is 0 Å². The first-order chi connectivity index (χ1) is 6.83. The minimum absolute atomic E-state index is 0.0773. The number of carbonyl (C=O) groups excluding carboxylic acids is 1. The van der Waals surface area contributed by atoms with Gasteiger partial charge < -0.3 is 4.74 Å². The maximum absolute atomic E-state index is 10.8. The van der Waals surface area contributed by atoms with Gasteiger partial charge >= 0.3 is 5.97 Å². The number of methoxy groups -OCH3 is 1. The first kappa shape index (κ1) is 11.9. The molecule has 0 spiro atoms. The summed E-state index contributed by atoms with van der Waals surface area (Å²) in [5.74, 6) is 3.27. The average Bonchev–Trinajstić information content (AvgIpc) is 2.69. The molecular weight excluding hydrogens is 196 g/mol. The Morgan fingerprint density at radius 1 is 1.43 bits per heavy atom. The van der Waals surface area contributed by atoms with E-state index >= 15 is 0 Å². The molecule has 0 radical (unpaired) electrons. The summed E-state index contributed by atoms with van der Waals surface area (Å²) >= 11 is 2.00. The van der Waals surface area contributed by atoms with Gasteiger partial charge in [-0.05, 0) is 36.7 Å². The van der Waals surface area contributed by atoms with E-state index in [1.807, 2.05) is 11.8 Å². The fourth-order valence-electron chi connectivity index (χ4n) is 1.85. The quantitative estimate of drug-likeness (QED) is 0.504. The summed E-state index contributed by atoms with van der Waals surface area (Å²) in [6.07, 6.45) is 7.23. The summed E-state index contributed by atoms with van der Waals surface area (Å²) < 4.78 is 4.58. The molecule has 0 unspecified atom stereocenters. The third-order valence-electron chi connectivity index (χ3n) is 2.73. The minimum Gasteiger partial charge on any atom is -0.469 e. The molecule has 14 heavy (non-hydrogen) atoms. The average molecular weight is 216 g/mol. The van der Waals surface area contributed by atoms with Crippen molar-refractivity contribution in [1.82, 2.24) is 0 Å². The number of rotatable bonds is 6.